The van der Waals surface area contributed by atoms with Crippen LogP contribution in [0.25, 0.3) is 0 Å². The highest BCUT2D eigenvalue weighted by Crippen LogP contribution is 2.24. The number of aromatic nitrogens is 2. The molecule has 3 aromatic rings. The summed E-state index contributed by atoms with van der Waals surface area (Å²) in [6.45, 7) is 5.94. The van der Waals surface area contributed by atoms with E-state index in [1.54, 1.807) is 6.07 Å². The van der Waals surface area contributed by atoms with Gasteiger partial charge in [-0.1, -0.05) is 40.2 Å². The number of hydrogen-bond donors (Lipinski definition) is 0. The molecule has 1 saturated heterocycles. The van der Waals surface area contributed by atoms with E-state index in [1.807, 2.05) is 18.3 Å². The van der Waals surface area contributed by atoms with E-state index in [0.29, 0.717) is 5.69 Å². The average molecular weight is 482 g/mol. The van der Waals surface area contributed by atoms with Crippen molar-refractivity contribution in [2.45, 2.75) is 19.5 Å². The summed E-state index contributed by atoms with van der Waals surface area (Å²) in [4.78, 5) is 16.3. The predicted molar refractivity (Wildman–Crippen MR) is 125 cm³/mol. The molecule has 0 spiro atoms. The van der Waals surface area contributed by atoms with Crippen molar-refractivity contribution in [3.63, 3.8) is 0 Å². The van der Waals surface area contributed by atoms with Gasteiger partial charge in [0.15, 0.2) is 0 Å². The predicted octanol–water partition coefficient (Wildman–Crippen LogP) is 4.26. The van der Waals surface area contributed by atoms with Crippen LogP contribution in [-0.4, -0.2) is 47.6 Å². The summed E-state index contributed by atoms with van der Waals surface area (Å²) in [6.07, 6.45) is 2.94. The molecule has 31 heavy (non-hydrogen) atoms. The van der Waals surface area contributed by atoms with Gasteiger partial charge in [-0.15, -0.1) is 0 Å². The van der Waals surface area contributed by atoms with Crippen LogP contribution in [0.3, 0.4) is 0 Å². The van der Waals surface area contributed by atoms with Crippen molar-refractivity contribution in [1.82, 2.24) is 14.9 Å². The van der Waals surface area contributed by atoms with Gasteiger partial charge in [0.1, 0.15) is 5.82 Å². The third-order valence-electron chi connectivity index (χ3n) is 6.08. The third kappa shape index (κ3) is 4.57. The zero-order valence-corrected chi connectivity index (χ0v) is 18.9. The largest absolute Gasteiger partial charge is 0.366 e. The molecule has 5 nitrogen and oxygen atoms in total. The van der Waals surface area contributed by atoms with E-state index in [4.69, 9.17) is 4.98 Å². The Morgan fingerprint density at radius 2 is 1.65 bits per heavy atom. The maximum absolute atomic E-state index is 14.1. The summed E-state index contributed by atoms with van der Waals surface area (Å²) in [7, 11) is 0. The number of anilines is 2. The number of benzene rings is 2. The minimum Gasteiger partial charge on any atom is -0.366 e. The summed E-state index contributed by atoms with van der Waals surface area (Å²) >= 11 is 3.50. The van der Waals surface area contributed by atoms with Gasteiger partial charge in [-0.2, -0.15) is 0 Å². The molecule has 160 valence electrons. The Morgan fingerprint density at radius 1 is 0.903 bits per heavy atom. The second-order valence-electron chi connectivity index (χ2n) is 8.15. The summed E-state index contributed by atoms with van der Waals surface area (Å²) in [6, 6.07) is 15.5. The molecule has 1 fully saturated rings. The molecule has 0 atom stereocenters. The fourth-order valence-corrected chi connectivity index (χ4v) is 4.62. The average Bonchev–Trinajstić information content (AvgIpc) is 2.81. The molecule has 0 unspecified atom stereocenters. The first-order chi connectivity index (χ1) is 15.2. The van der Waals surface area contributed by atoms with Crippen LogP contribution < -0.4 is 9.80 Å². The quantitative estimate of drug-likeness (QED) is 0.556. The Hall–Kier alpha value is -2.51. The Kier molecular flexibility index (Phi) is 5.87. The number of nitrogens with zero attached hydrogens (tertiary/aromatic N) is 5. The highest BCUT2D eigenvalue weighted by molar-refractivity contribution is 9.10. The van der Waals surface area contributed by atoms with Crippen molar-refractivity contribution in [2.75, 3.05) is 42.5 Å². The molecule has 0 aliphatic carbocycles. The van der Waals surface area contributed by atoms with Crippen LogP contribution in [0.15, 0.2) is 59.2 Å². The summed E-state index contributed by atoms with van der Waals surface area (Å²) in [5.41, 5.74) is 4.38. The van der Waals surface area contributed by atoms with Gasteiger partial charge in [0.25, 0.3) is 0 Å². The van der Waals surface area contributed by atoms with Gasteiger partial charge in [-0.05, 0) is 29.8 Å². The van der Waals surface area contributed by atoms with Gasteiger partial charge in [0, 0.05) is 68.5 Å². The van der Waals surface area contributed by atoms with E-state index in [0.717, 1.165) is 68.3 Å². The molecule has 2 aliphatic rings. The lowest BCUT2D eigenvalue weighted by atomic mass is 10.1. The van der Waals surface area contributed by atoms with Crippen molar-refractivity contribution >= 4 is 27.6 Å². The molecule has 2 aliphatic heterocycles. The SMILES string of the molecule is Fc1ccccc1N1CCN(c2ncc3c(n2)CCN(Cc2ccc(Br)cc2)C3)CC1. The maximum Gasteiger partial charge on any atom is 0.225 e. The Balaban J connectivity index is 1.21. The minimum atomic E-state index is -0.159. The first kappa shape index (κ1) is 20.4. The van der Waals surface area contributed by atoms with Gasteiger partial charge in [0.2, 0.25) is 5.95 Å². The van der Waals surface area contributed by atoms with E-state index in [1.165, 1.54) is 17.2 Å². The Morgan fingerprint density at radius 3 is 2.42 bits per heavy atom. The lowest BCUT2D eigenvalue weighted by molar-refractivity contribution is 0.243. The number of piperazine rings is 1. The highest BCUT2D eigenvalue weighted by atomic mass is 79.9. The summed E-state index contributed by atoms with van der Waals surface area (Å²) in [5.74, 6) is 0.641. The molecule has 0 bridgehead atoms. The van der Waals surface area contributed by atoms with Crippen LogP contribution in [-0.2, 0) is 19.5 Å². The Labute approximate surface area is 190 Å². The zero-order chi connectivity index (χ0) is 21.2. The molecule has 0 N–H and O–H groups in total. The second kappa shape index (κ2) is 8.93. The molecule has 2 aromatic carbocycles. The first-order valence-corrected chi connectivity index (χ1v) is 11.5. The van der Waals surface area contributed by atoms with Gasteiger partial charge in [-0.3, -0.25) is 4.90 Å². The van der Waals surface area contributed by atoms with Crippen LogP contribution in [0, 0.1) is 5.82 Å². The minimum absolute atomic E-state index is 0.159. The number of hydrogen-bond acceptors (Lipinski definition) is 5. The zero-order valence-electron chi connectivity index (χ0n) is 17.3. The van der Waals surface area contributed by atoms with Gasteiger partial charge in [-0.25, -0.2) is 14.4 Å². The monoisotopic (exact) mass is 481 g/mol. The molecule has 0 amide bonds. The number of rotatable bonds is 4. The summed E-state index contributed by atoms with van der Waals surface area (Å²) < 4.78 is 15.2. The first-order valence-electron chi connectivity index (χ1n) is 10.7. The van der Waals surface area contributed by atoms with Crippen molar-refractivity contribution in [1.29, 1.82) is 0 Å². The van der Waals surface area contributed by atoms with Crippen molar-refractivity contribution < 1.29 is 4.39 Å². The van der Waals surface area contributed by atoms with E-state index in [9.17, 15) is 4.39 Å². The fourth-order valence-electron chi connectivity index (χ4n) is 4.35. The molecule has 0 saturated carbocycles. The van der Waals surface area contributed by atoms with Crippen LogP contribution in [0.4, 0.5) is 16.0 Å². The maximum atomic E-state index is 14.1. The molecule has 1 aromatic heterocycles. The van der Waals surface area contributed by atoms with Gasteiger partial charge >= 0.3 is 0 Å². The van der Waals surface area contributed by atoms with E-state index >= 15 is 0 Å². The van der Waals surface area contributed by atoms with Crippen molar-refractivity contribution in [3.05, 3.63) is 81.8 Å². The van der Waals surface area contributed by atoms with Gasteiger partial charge in [0.05, 0.1) is 11.4 Å². The lowest BCUT2D eigenvalue weighted by Gasteiger charge is -2.36. The molecular formula is C24H25BrFN5. The second-order valence-corrected chi connectivity index (χ2v) is 9.07. The smallest absolute Gasteiger partial charge is 0.225 e. The number of halogens is 2. The molecule has 3 heterocycles. The van der Waals surface area contributed by atoms with Crippen molar-refractivity contribution in [3.8, 4) is 0 Å². The molecular weight excluding hydrogens is 457 g/mol. The van der Waals surface area contributed by atoms with Gasteiger partial charge < -0.3 is 9.80 Å². The number of para-hydroxylation sites is 1. The van der Waals surface area contributed by atoms with E-state index < -0.39 is 0 Å². The van der Waals surface area contributed by atoms with E-state index in [2.05, 4.69) is 59.9 Å². The van der Waals surface area contributed by atoms with Crippen LogP contribution in [0.2, 0.25) is 0 Å². The summed E-state index contributed by atoms with van der Waals surface area (Å²) in [5, 5.41) is 0. The Bertz CT molecular complexity index is 1050. The molecule has 0 radical (unpaired) electrons. The van der Waals surface area contributed by atoms with Crippen molar-refractivity contribution in [2.24, 2.45) is 0 Å². The van der Waals surface area contributed by atoms with Crippen LogP contribution >= 0.6 is 15.9 Å². The van der Waals surface area contributed by atoms with Crippen LogP contribution in [0.5, 0.6) is 0 Å². The molecule has 5 rings (SSSR count). The topological polar surface area (TPSA) is 35.5 Å². The number of fused-ring (bicyclic) bond motifs is 1. The van der Waals surface area contributed by atoms with Crippen LogP contribution in [0.1, 0.15) is 16.8 Å². The van der Waals surface area contributed by atoms with E-state index in [-0.39, 0.29) is 5.82 Å². The molecule has 7 heteroatoms. The fraction of sp³-hybridized carbons (Fsp3) is 0.333. The highest BCUT2D eigenvalue weighted by Gasteiger charge is 2.23. The standard InChI is InChI=1S/C24H25BrFN5/c25-20-7-5-18(6-8-20)16-29-10-9-22-19(17-29)15-27-24(28-22)31-13-11-30(12-14-31)23-4-2-1-3-21(23)26/h1-8,15H,9-14,16-17H2. The third-order valence-corrected chi connectivity index (χ3v) is 6.60. The normalized spacial score (nSPS) is 17.0. The lowest BCUT2D eigenvalue weighted by Crippen LogP contribution is -2.47.